The van der Waals surface area contributed by atoms with E-state index in [9.17, 15) is 0 Å². The molecule has 1 N–H and O–H groups in total. The van der Waals surface area contributed by atoms with Crippen molar-refractivity contribution in [3.63, 3.8) is 0 Å². The van der Waals surface area contributed by atoms with Gasteiger partial charge in [0.05, 0.1) is 0 Å². The smallest absolute Gasteiger partial charge is 0.247 e. The van der Waals surface area contributed by atoms with Crippen LogP contribution in [0.4, 0.5) is 5.69 Å². The molecule has 20 heavy (non-hydrogen) atoms. The van der Waals surface area contributed by atoms with Crippen LogP contribution < -0.4 is 5.32 Å². The summed E-state index contributed by atoms with van der Waals surface area (Å²) in [6.45, 7) is 0.660. The number of hydrogen-bond donors (Lipinski definition) is 1. The second-order valence-corrected chi connectivity index (χ2v) is 4.68. The van der Waals surface area contributed by atoms with E-state index in [-0.39, 0.29) is 0 Å². The van der Waals surface area contributed by atoms with Gasteiger partial charge in [0.25, 0.3) is 0 Å². The van der Waals surface area contributed by atoms with Crippen molar-refractivity contribution in [2.24, 2.45) is 0 Å². The number of nitrogens with one attached hydrogen (secondary N) is 1. The number of halogens is 1. The third kappa shape index (κ3) is 2.81. The van der Waals surface area contributed by atoms with Crippen LogP contribution in [-0.4, -0.2) is 10.2 Å². The van der Waals surface area contributed by atoms with Crippen molar-refractivity contribution in [1.29, 1.82) is 0 Å². The average Bonchev–Trinajstić information content (AvgIpc) is 3.01. The van der Waals surface area contributed by atoms with Crippen molar-refractivity contribution >= 4 is 17.3 Å². The summed E-state index contributed by atoms with van der Waals surface area (Å²) in [5.74, 6) is 0.506. The third-order valence-electron chi connectivity index (χ3n) is 2.91. The van der Waals surface area contributed by atoms with E-state index in [0.717, 1.165) is 21.8 Å². The van der Waals surface area contributed by atoms with Crippen LogP contribution in [0.15, 0.2) is 59.3 Å². The summed E-state index contributed by atoms with van der Waals surface area (Å²) in [7, 11) is 0. The van der Waals surface area contributed by atoms with E-state index >= 15 is 0 Å². The molecule has 0 spiro atoms. The van der Waals surface area contributed by atoms with Gasteiger partial charge in [0.1, 0.15) is 0 Å². The lowest BCUT2D eigenvalue weighted by Gasteiger charge is -2.08. The van der Waals surface area contributed by atoms with E-state index in [0.29, 0.717) is 12.4 Å². The molecule has 0 bridgehead atoms. The molecule has 3 rings (SSSR count). The standard InChI is InChI=1S/C15H12ClN3O/c16-14-7-2-1-4-12(14)9-17-13-6-3-5-11(8-13)15-19-18-10-20-15/h1-8,10,17H,9H2. The quantitative estimate of drug-likeness (QED) is 0.787. The van der Waals surface area contributed by atoms with Crippen molar-refractivity contribution in [2.45, 2.75) is 6.54 Å². The Kier molecular flexibility index (Phi) is 3.65. The summed E-state index contributed by atoms with van der Waals surface area (Å²) in [4.78, 5) is 0. The fourth-order valence-electron chi connectivity index (χ4n) is 1.90. The van der Waals surface area contributed by atoms with Gasteiger partial charge >= 0.3 is 0 Å². The van der Waals surface area contributed by atoms with E-state index in [1.807, 2.05) is 48.5 Å². The molecule has 0 unspecified atom stereocenters. The Bertz CT molecular complexity index is 698. The minimum absolute atomic E-state index is 0.506. The molecule has 5 heteroatoms. The summed E-state index contributed by atoms with van der Waals surface area (Å²) in [5.41, 5.74) is 2.91. The maximum atomic E-state index is 6.13. The Hall–Kier alpha value is -2.33. The lowest BCUT2D eigenvalue weighted by atomic mass is 10.2. The lowest BCUT2D eigenvalue weighted by Crippen LogP contribution is -1.99. The number of nitrogens with zero attached hydrogens (tertiary/aromatic N) is 2. The SMILES string of the molecule is Clc1ccccc1CNc1cccc(-c2nnco2)c1. The van der Waals surface area contributed by atoms with E-state index in [2.05, 4.69) is 15.5 Å². The predicted octanol–water partition coefficient (Wildman–Crippen LogP) is 4.00. The first-order chi connectivity index (χ1) is 9.83. The molecule has 2 aromatic carbocycles. The first-order valence-corrected chi connectivity index (χ1v) is 6.54. The molecule has 0 amide bonds. The maximum absolute atomic E-state index is 6.13. The Labute approximate surface area is 121 Å². The van der Waals surface area contributed by atoms with Gasteiger partial charge < -0.3 is 9.73 Å². The van der Waals surface area contributed by atoms with Crippen molar-refractivity contribution in [2.75, 3.05) is 5.32 Å². The van der Waals surface area contributed by atoms with Crippen molar-refractivity contribution in [1.82, 2.24) is 10.2 Å². The minimum atomic E-state index is 0.506. The topological polar surface area (TPSA) is 51.0 Å². The van der Waals surface area contributed by atoms with Gasteiger partial charge in [-0.2, -0.15) is 0 Å². The largest absolute Gasteiger partial charge is 0.423 e. The van der Waals surface area contributed by atoms with Gasteiger partial charge in [-0.3, -0.25) is 0 Å². The molecule has 0 aliphatic carbocycles. The predicted molar refractivity (Wildman–Crippen MR) is 78.5 cm³/mol. The molecule has 100 valence electrons. The second kappa shape index (κ2) is 5.75. The van der Waals surface area contributed by atoms with E-state index in [1.54, 1.807) is 0 Å². The zero-order valence-corrected chi connectivity index (χ0v) is 11.3. The van der Waals surface area contributed by atoms with Crippen LogP contribution in [0.2, 0.25) is 5.02 Å². The molecule has 1 aromatic heterocycles. The Morgan fingerprint density at radius 1 is 1.10 bits per heavy atom. The van der Waals surface area contributed by atoms with Crippen molar-refractivity contribution < 1.29 is 4.42 Å². The summed E-state index contributed by atoms with van der Waals surface area (Å²) in [6, 6.07) is 15.6. The van der Waals surface area contributed by atoms with Gasteiger partial charge in [-0.1, -0.05) is 35.9 Å². The monoisotopic (exact) mass is 285 g/mol. The fourth-order valence-corrected chi connectivity index (χ4v) is 2.10. The van der Waals surface area contributed by atoms with Gasteiger partial charge in [-0.05, 0) is 29.8 Å². The average molecular weight is 286 g/mol. The van der Waals surface area contributed by atoms with Crippen LogP contribution in [0.1, 0.15) is 5.56 Å². The molecular formula is C15H12ClN3O. The van der Waals surface area contributed by atoms with Gasteiger partial charge in [0, 0.05) is 22.8 Å². The van der Waals surface area contributed by atoms with E-state index < -0.39 is 0 Å². The molecule has 0 fully saturated rings. The van der Waals surface area contributed by atoms with E-state index in [4.69, 9.17) is 16.0 Å². The van der Waals surface area contributed by atoms with Crippen molar-refractivity contribution in [3.05, 3.63) is 65.5 Å². The molecule has 0 saturated heterocycles. The van der Waals surface area contributed by atoms with Crippen LogP contribution in [-0.2, 0) is 6.54 Å². The van der Waals surface area contributed by atoms with Crippen LogP contribution in [0.25, 0.3) is 11.5 Å². The normalized spacial score (nSPS) is 10.4. The molecule has 3 aromatic rings. The highest BCUT2D eigenvalue weighted by atomic mass is 35.5. The Balaban J connectivity index is 1.75. The lowest BCUT2D eigenvalue weighted by molar-refractivity contribution is 0.568. The molecule has 0 aliphatic rings. The Morgan fingerprint density at radius 2 is 2.00 bits per heavy atom. The first-order valence-electron chi connectivity index (χ1n) is 6.17. The molecule has 0 radical (unpaired) electrons. The number of benzene rings is 2. The highest BCUT2D eigenvalue weighted by Gasteiger charge is 2.04. The summed E-state index contributed by atoms with van der Waals surface area (Å²) in [6.07, 6.45) is 1.32. The molecule has 0 atom stereocenters. The number of hydrogen-bond acceptors (Lipinski definition) is 4. The van der Waals surface area contributed by atoms with Gasteiger partial charge in [-0.25, -0.2) is 0 Å². The van der Waals surface area contributed by atoms with Crippen LogP contribution in [0, 0.1) is 0 Å². The number of anilines is 1. The third-order valence-corrected chi connectivity index (χ3v) is 3.28. The number of rotatable bonds is 4. The molecule has 1 heterocycles. The highest BCUT2D eigenvalue weighted by molar-refractivity contribution is 6.31. The zero-order chi connectivity index (χ0) is 13.8. The van der Waals surface area contributed by atoms with Gasteiger partial charge in [0.15, 0.2) is 0 Å². The summed E-state index contributed by atoms with van der Waals surface area (Å²) < 4.78 is 5.19. The van der Waals surface area contributed by atoms with E-state index in [1.165, 1.54) is 6.39 Å². The van der Waals surface area contributed by atoms with Crippen LogP contribution >= 0.6 is 11.6 Å². The summed E-state index contributed by atoms with van der Waals surface area (Å²) in [5, 5.41) is 11.7. The molecule has 0 aliphatic heterocycles. The zero-order valence-electron chi connectivity index (χ0n) is 10.6. The molecular weight excluding hydrogens is 274 g/mol. The number of aromatic nitrogens is 2. The molecule has 0 saturated carbocycles. The van der Waals surface area contributed by atoms with Gasteiger partial charge in [-0.15, -0.1) is 10.2 Å². The maximum Gasteiger partial charge on any atom is 0.247 e. The van der Waals surface area contributed by atoms with Crippen LogP contribution in [0.3, 0.4) is 0 Å². The van der Waals surface area contributed by atoms with Crippen LogP contribution in [0.5, 0.6) is 0 Å². The van der Waals surface area contributed by atoms with Gasteiger partial charge in [0.2, 0.25) is 12.3 Å². The Morgan fingerprint density at radius 3 is 2.80 bits per heavy atom. The summed E-state index contributed by atoms with van der Waals surface area (Å²) >= 11 is 6.13. The molecule has 4 nitrogen and oxygen atoms in total. The first kappa shape index (κ1) is 12.7. The minimum Gasteiger partial charge on any atom is -0.423 e. The second-order valence-electron chi connectivity index (χ2n) is 4.27. The van der Waals surface area contributed by atoms with Crippen molar-refractivity contribution in [3.8, 4) is 11.5 Å². The highest BCUT2D eigenvalue weighted by Crippen LogP contribution is 2.22. The fraction of sp³-hybridized carbons (Fsp3) is 0.0667.